The molecule has 0 saturated heterocycles. The van der Waals surface area contributed by atoms with Gasteiger partial charge in [-0.3, -0.25) is 4.79 Å². The van der Waals surface area contributed by atoms with E-state index < -0.39 is 0 Å². The number of ether oxygens (including phenoxy) is 1. The maximum absolute atomic E-state index is 10.6. The summed E-state index contributed by atoms with van der Waals surface area (Å²) in [6.45, 7) is 10.7. The first-order chi connectivity index (χ1) is 7.10. The standard InChI is InChI=1S/C12H21NO2/c1-5-13(6-2)10-8-7-9-11(3)15-12(4)14/h11H,5-6,9-10H2,1-4H3/p+1/t11-/m1/s1. The van der Waals surface area contributed by atoms with Crippen LogP contribution in [0.3, 0.4) is 0 Å². The van der Waals surface area contributed by atoms with Crippen LogP contribution in [0.15, 0.2) is 0 Å². The lowest BCUT2D eigenvalue weighted by Crippen LogP contribution is -3.11. The molecule has 0 unspecified atom stereocenters. The highest BCUT2D eigenvalue weighted by molar-refractivity contribution is 5.66. The SMILES string of the molecule is CC[NH+](CC)CC#CC[C@@H](C)OC(C)=O. The third-order valence-electron chi connectivity index (χ3n) is 2.22. The Labute approximate surface area is 92.8 Å². The van der Waals surface area contributed by atoms with E-state index in [0.29, 0.717) is 6.42 Å². The minimum Gasteiger partial charge on any atom is -0.462 e. The van der Waals surface area contributed by atoms with Gasteiger partial charge in [0.05, 0.1) is 13.1 Å². The van der Waals surface area contributed by atoms with Gasteiger partial charge in [0.2, 0.25) is 0 Å². The Morgan fingerprint density at radius 1 is 1.33 bits per heavy atom. The van der Waals surface area contributed by atoms with Crippen LogP contribution in [-0.4, -0.2) is 31.7 Å². The second kappa shape index (κ2) is 8.31. The number of rotatable bonds is 5. The van der Waals surface area contributed by atoms with Crippen LogP contribution in [0.2, 0.25) is 0 Å². The topological polar surface area (TPSA) is 30.7 Å². The summed E-state index contributed by atoms with van der Waals surface area (Å²) in [6, 6.07) is 0. The van der Waals surface area contributed by atoms with Crippen LogP contribution >= 0.6 is 0 Å². The third-order valence-corrected chi connectivity index (χ3v) is 2.22. The lowest BCUT2D eigenvalue weighted by atomic mass is 10.3. The molecule has 0 fully saturated rings. The summed E-state index contributed by atoms with van der Waals surface area (Å²) in [5, 5.41) is 0. The van der Waals surface area contributed by atoms with E-state index in [1.54, 1.807) is 0 Å². The van der Waals surface area contributed by atoms with Crippen LogP contribution in [0.5, 0.6) is 0 Å². The Morgan fingerprint density at radius 3 is 2.40 bits per heavy atom. The fraction of sp³-hybridized carbons (Fsp3) is 0.750. The zero-order valence-corrected chi connectivity index (χ0v) is 10.2. The molecule has 1 atom stereocenters. The van der Waals surface area contributed by atoms with E-state index in [1.807, 2.05) is 6.92 Å². The second-order valence-electron chi connectivity index (χ2n) is 3.61. The predicted molar refractivity (Wildman–Crippen MR) is 60.5 cm³/mol. The van der Waals surface area contributed by atoms with Crippen molar-refractivity contribution in [3.8, 4) is 11.8 Å². The molecule has 86 valence electrons. The third kappa shape index (κ3) is 8.02. The summed E-state index contributed by atoms with van der Waals surface area (Å²) in [5.74, 6) is 5.92. The van der Waals surface area contributed by atoms with Gasteiger partial charge >= 0.3 is 5.97 Å². The molecule has 0 radical (unpaired) electrons. The molecule has 0 saturated carbocycles. The van der Waals surface area contributed by atoms with Crippen molar-refractivity contribution in [3.05, 3.63) is 0 Å². The van der Waals surface area contributed by atoms with Crippen LogP contribution in [0.25, 0.3) is 0 Å². The van der Waals surface area contributed by atoms with E-state index in [0.717, 1.165) is 19.6 Å². The lowest BCUT2D eigenvalue weighted by molar-refractivity contribution is -0.889. The molecule has 0 aromatic rings. The van der Waals surface area contributed by atoms with Gasteiger partial charge in [0.25, 0.3) is 0 Å². The van der Waals surface area contributed by atoms with Crippen LogP contribution in [0.1, 0.15) is 34.1 Å². The van der Waals surface area contributed by atoms with Crippen LogP contribution < -0.4 is 4.90 Å². The van der Waals surface area contributed by atoms with Crippen molar-refractivity contribution in [1.82, 2.24) is 0 Å². The molecule has 3 heteroatoms. The minimum atomic E-state index is -0.237. The zero-order chi connectivity index (χ0) is 11.7. The van der Waals surface area contributed by atoms with Gasteiger partial charge in [-0.2, -0.15) is 0 Å². The smallest absolute Gasteiger partial charge is 0.302 e. The monoisotopic (exact) mass is 212 g/mol. The summed E-state index contributed by atoms with van der Waals surface area (Å²) in [6.07, 6.45) is 0.530. The van der Waals surface area contributed by atoms with Gasteiger partial charge < -0.3 is 9.64 Å². The molecule has 0 aliphatic heterocycles. The van der Waals surface area contributed by atoms with E-state index >= 15 is 0 Å². The van der Waals surface area contributed by atoms with Crippen LogP contribution in [0.4, 0.5) is 0 Å². The van der Waals surface area contributed by atoms with Gasteiger partial charge in [-0.05, 0) is 26.7 Å². The highest BCUT2D eigenvalue weighted by atomic mass is 16.5. The van der Waals surface area contributed by atoms with E-state index in [-0.39, 0.29) is 12.1 Å². The second-order valence-corrected chi connectivity index (χ2v) is 3.61. The number of carbonyl (C=O) groups excluding carboxylic acids is 1. The average molecular weight is 212 g/mol. The van der Waals surface area contributed by atoms with Crippen molar-refractivity contribution in [1.29, 1.82) is 0 Å². The Balaban J connectivity index is 3.74. The quantitative estimate of drug-likeness (QED) is 0.523. The van der Waals surface area contributed by atoms with Crippen molar-refractivity contribution in [3.63, 3.8) is 0 Å². The molecule has 0 aromatic heterocycles. The first-order valence-corrected chi connectivity index (χ1v) is 5.56. The van der Waals surface area contributed by atoms with E-state index in [4.69, 9.17) is 4.74 Å². The normalized spacial score (nSPS) is 11.8. The molecule has 0 spiro atoms. The molecule has 0 aliphatic rings. The summed E-state index contributed by atoms with van der Waals surface area (Å²) >= 11 is 0. The Hall–Kier alpha value is -1.01. The summed E-state index contributed by atoms with van der Waals surface area (Å²) in [4.78, 5) is 12.1. The summed E-state index contributed by atoms with van der Waals surface area (Å²) in [5.41, 5.74) is 0. The average Bonchev–Trinajstić information content (AvgIpc) is 2.17. The maximum atomic E-state index is 10.6. The minimum absolute atomic E-state index is 0.0956. The van der Waals surface area contributed by atoms with Crippen molar-refractivity contribution in [2.45, 2.75) is 40.2 Å². The molecule has 0 heterocycles. The van der Waals surface area contributed by atoms with E-state index in [1.165, 1.54) is 11.8 Å². The molecular formula is C12H22NO2+. The Bertz CT molecular complexity index is 236. The first kappa shape index (κ1) is 14.0. The largest absolute Gasteiger partial charge is 0.462 e. The summed E-state index contributed by atoms with van der Waals surface area (Å²) in [7, 11) is 0. The summed E-state index contributed by atoms with van der Waals surface area (Å²) < 4.78 is 4.96. The molecule has 0 aromatic carbocycles. The Morgan fingerprint density at radius 2 is 1.93 bits per heavy atom. The van der Waals surface area contributed by atoms with Crippen molar-refractivity contribution in [2.24, 2.45) is 0 Å². The molecule has 0 amide bonds. The van der Waals surface area contributed by atoms with Gasteiger partial charge in [-0.15, -0.1) is 0 Å². The molecule has 15 heavy (non-hydrogen) atoms. The van der Waals surface area contributed by atoms with E-state index in [2.05, 4.69) is 25.7 Å². The van der Waals surface area contributed by atoms with Crippen LogP contribution in [-0.2, 0) is 9.53 Å². The fourth-order valence-corrected chi connectivity index (χ4v) is 1.23. The Kier molecular flexibility index (Phi) is 7.75. The zero-order valence-electron chi connectivity index (χ0n) is 10.2. The van der Waals surface area contributed by atoms with Gasteiger partial charge in [0.1, 0.15) is 12.6 Å². The lowest BCUT2D eigenvalue weighted by Gasteiger charge is -2.11. The molecule has 3 nitrogen and oxygen atoms in total. The fourth-order valence-electron chi connectivity index (χ4n) is 1.23. The van der Waals surface area contributed by atoms with Crippen molar-refractivity contribution < 1.29 is 14.4 Å². The van der Waals surface area contributed by atoms with Gasteiger partial charge in [0.15, 0.2) is 0 Å². The number of hydrogen-bond donors (Lipinski definition) is 1. The molecule has 0 bridgehead atoms. The van der Waals surface area contributed by atoms with Gasteiger partial charge in [0, 0.05) is 13.3 Å². The first-order valence-electron chi connectivity index (χ1n) is 5.56. The highest BCUT2D eigenvalue weighted by Gasteiger charge is 2.02. The van der Waals surface area contributed by atoms with Crippen molar-refractivity contribution >= 4 is 5.97 Å². The van der Waals surface area contributed by atoms with E-state index in [9.17, 15) is 4.79 Å². The number of esters is 1. The van der Waals surface area contributed by atoms with Gasteiger partial charge in [-0.25, -0.2) is 0 Å². The maximum Gasteiger partial charge on any atom is 0.302 e. The predicted octanol–water partition coefficient (Wildman–Crippen LogP) is 0.256. The molecule has 1 N–H and O–H groups in total. The number of quaternary nitrogens is 1. The molecular weight excluding hydrogens is 190 g/mol. The number of hydrogen-bond acceptors (Lipinski definition) is 2. The molecule has 0 rings (SSSR count). The number of nitrogens with one attached hydrogen (secondary N) is 1. The number of carbonyl (C=O) groups is 1. The molecule has 0 aliphatic carbocycles. The van der Waals surface area contributed by atoms with Crippen molar-refractivity contribution in [2.75, 3.05) is 19.6 Å². The van der Waals surface area contributed by atoms with Crippen LogP contribution in [0, 0.1) is 11.8 Å². The highest BCUT2D eigenvalue weighted by Crippen LogP contribution is 1.95. The van der Waals surface area contributed by atoms with Gasteiger partial charge in [-0.1, -0.05) is 5.92 Å².